The molecule has 0 unspecified atom stereocenters. The van der Waals surface area contributed by atoms with Crippen molar-refractivity contribution in [1.29, 1.82) is 0 Å². The van der Waals surface area contributed by atoms with Gasteiger partial charge in [0.25, 0.3) is 5.91 Å². The number of carbonyl (C=O) groups is 1. The molecule has 0 atom stereocenters. The maximum Gasteiger partial charge on any atom is 0.271 e. The van der Waals surface area contributed by atoms with Gasteiger partial charge in [-0.1, -0.05) is 13.8 Å². The molecule has 0 aromatic carbocycles. The highest BCUT2D eigenvalue weighted by Gasteiger charge is 2.30. The molecule has 0 spiro atoms. The summed E-state index contributed by atoms with van der Waals surface area (Å²) in [4.78, 5) is 14.7. The van der Waals surface area contributed by atoms with Crippen LogP contribution in [0.4, 0.5) is 5.69 Å². The van der Waals surface area contributed by atoms with E-state index in [1.54, 1.807) is 11.7 Å². The Morgan fingerprint density at radius 2 is 2.00 bits per heavy atom. The topological polar surface area (TPSA) is 76.2 Å². The molecule has 0 bridgehead atoms. The van der Waals surface area contributed by atoms with Gasteiger partial charge in [0.15, 0.2) is 0 Å². The van der Waals surface area contributed by atoms with Crippen LogP contribution in [0.15, 0.2) is 0 Å². The predicted octanol–water partition coefficient (Wildman–Crippen LogP) is 1.03. The second-order valence-electron chi connectivity index (χ2n) is 6.48. The Kier molecular flexibility index (Phi) is 4.56. The van der Waals surface area contributed by atoms with E-state index in [-0.39, 0.29) is 11.3 Å². The smallest absolute Gasteiger partial charge is 0.271 e. The highest BCUT2D eigenvalue weighted by molar-refractivity contribution is 5.98. The van der Waals surface area contributed by atoms with Crippen molar-refractivity contribution in [3.63, 3.8) is 0 Å². The van der Waals surface area contributed by atoms with Gasteiger partial charge in [-0.25, -0.2) is 0 Å². The third kappa shape index (κ3) is 3.37. The van der Waals surface area contributed by atoms with Crippen LogP contribution in [0.1, 0.15) is 42.9 Å². The number of anilines is 1. The van der Waals surface area contributed by atoms with Gasteiger partial charge < -0.3 is 16.0 Å². The first-order valence-corrected chi connectivity index (χ1v) is 7.64. The third-order valence-corrected chi connectivity index (χ3v) is 4.58. The van der Waals surface area contributed by atoms with Crippen LogP contribution in [0.2, 0.25) is 0 Å². The highest BCUT2D eigenvalue weighted by atomic mass is 16.2. The minimum atomic E-state index is -0.123. The average Bonchev–Trinajstić information content (AvgIpc) is 2.74. The van der Waals surface area contributed by atoms with Gasteiger partial charge in [-0.2, -0.15) is 5.10 Å². The molecule has 3 N–H and O–H groups in total. The van der Waals surface area contributed by atoms with Crippen molar-refractivity contribution in [3.8, 4) is 0 Å². The molecular weight excluding hydrogens is 266 g/mol. The van der Waals surface area contributed by atoms with Crippen molar-refractivity contribution >= 4 is 11.6 Å². The molecule has 118 valence electrons. The van der Waals surface area contributed by atoms with Crippen LogP contribution in [0, 0.1) is 5.41 Å². The summed E-state index contributed by atoms with van der Waals surface area (Å²) in [6, 6.07) is 0. The molecule has 1 aromatic rings. The van der Waals surface area contributed by atoms with Crippen molar-refractivity contribution in [2.75, 3.05) is 32.4 Å². The summed E-state index contributed by atoms with van der Waals surface area (Å²) >= 11 is 0. The number of aromatic nitrogens is 2. The van der Waals surface area contributed by atoms with E-state index in [0.29, 0.717) is 17.9 Å². The van der Waals surface area contributed by atoms with E-state index in [9.17, 15) is 4.79 Å². The quantitative estimate of drug-likeness (QED) is 0.869. The minimum absolute atomic E-state index is 0.123. The van der Waals surface area contributed by atoms with Crippen LogP contribution in [0.3, 0.4) is 0 Å². The molecule has 1 fully saturated rings. The Hall–Kier alpha value is -1.56. The van der Waals surface area contributed by atoms with Crippen LogP contribution < -0.4 is 11.1 Å². The zero-order valence-electron chi connectivity index (χ0n) is 13.6. The maximum atomic E-state index is 12.4. The Morgan fingerprint density at radius 1 is 1.38 bits per heavy atom. The van der Waals surface area contributed by atoms with E-state index in [2.05, 4.69) is 29.3 Å². The minimum Gasteiger partial charge on any atom is -0.395 e. The lowest BCUT2D eigenvalue weighted by Crippen LogP contribution is -2.43. The normalized spacial score (nSPS) is 18.7. The van der Waals surface area contributed by atoms with Gasteiger partial charge in [-0.15, -0.1) is 0 Å². The molecule has 2 heterocycles. The molecule has 2 rings (SSSR count). The van der Waals surface area contributed by atoms with Crippen molar-refractivity contribution in [1.82, 2.24) is 20.0 Å². The fraction of sp³-hybridized carbons (Fsp3) is 0.733. The van der Waals surface area contributed by atoms with E-state index >= 15 is 0 Å². The van der Waals surface area contributed by atoms with Gasteiger partial charge in [0, 0.05) is 13.6 Å². The SMILES string of the molecule is CCc1nn(C)c(C(=O)NCC2(C)CCN(C)CC2)c1N. The number of amides is 1. The molecular formula is C15H27N5O. The first kappa shape index (κ1) is 15.8. The molecule has 6 heteroatoms. The van der Waals surface area contributed by atoms with Crippen molar-refractivity contribution < 1.29 is 4.79 Å². The van der Waals surface area contributed by atoms with E-state index in [4.69, 9.17) is 5.73 Å². The van der Waals surface area contributed by atoms with E-state index in [1.807, 2.05) is 6.92 Å². The summed E-state index contributed by atoms with van der Waals surface area (Å²) in [5, 5.41) is 7.34. The highest BCUT2D eigenvalue weighted by Crippen LogP contribution is 2.29. The van der Waals surface area contributed by atoms with Gasteiger partial charge in [0.2, 0.25) is 0 Å². The Morgan fingerprint density at radius 3 is 2.52 bits per heavy atom. The summed E-state index contributed by atoms with van der Waals surface area (Å²) in [5.41, 5.74) is 7.96. The van der Waals surface area contributed by atoms with Crippen molar-refractivity contribution in [3.05, 3.63) is 11.4 Å². The summed E-state index contributed by atoms with van der Waals surface area (Å²) in [6.07, 6.45) is 2.94. The first-order chi connectivity index (χ1) is 9.86. The predicted molar refractivity (Wildman–Crippen MR) is 84.2 cm³/mol. The van der Waals surface area contributed by atoms with Crippen LogP contribution in [-0.2, 0) is 13.5 Å². The molecule has 0 aliphatic carbocycles. The molecule has 1 aromatic heterocycles. The lowest BCUT2D eigenvalue weighted by molar-refractivity contribution is 0.0883. The molecule has 1 saturated heterocycles. The van der Waals surface area contributed by atoms with Gasteiger partial charge in [0.1, 0.15) is 5.69 Å². The Balaban J connectivity index is 2.01. The monoisotopic (exact) mass is 293 g/mol. The second-order valence-corrected chi connectivity index (χ2v) is 6.48. The fourth-order valence-electron chi connectivity index (χ4n) is 2.84. The zero-order chi connectivity index (χ0) is 15.6. The molecule has 0 saturated carbocycles. The number of hydrogen-bond donors (Lipinski definition) is 2. The summed E-state index contributed by atoms with van der Waals surface area (Å²) < 4.78 is 1.58. The van der Waals surface area contributed by atoms with Gasteiger partial charge >= 0.3 is 0 Å². The maximum absolute atomic E-state index is 12.4. The van der Waals surface area contributed by atoms with Crippen molar-refractivity contribution in [2.45, 2.75) is 33.1 Å². The number of nitrogens with zero attached hydrogens (tertiary/aromatic N) is 3. The first-order valence-electron chi connectivity index (χ1n) is 7.64. The standard InChI is InChI=1S/C15H27N5O/c1-5-11-12(16)13(20(4)18-11)14(21)17-10-15(2)6-8-19(3)9-7-15/h5-10,16H2,1-4H3,(H,17,21). The van der Waals surface area contributed by atoms with E-state index < -0.39 is 0 Å². The number of rotatable bonds is 4. The number of hydrogen-bond acceptors (Lipinski definition) is 4. The summed E-state index contributed by atoms with van der Waals surface area (Å²) in [7, 11) is 3.91. The lowest BCUT2D eigenvalue weighted by Gasteiger charge is -2.37. The van der Waals surface area contributed by atoms with E-state index in [0.717, 1.165) is 38.0 Å². The zero-order valence-corrected chi connectivity index (χ0v) is 13.6. The lowest BCUT2D eigenvalue weighted by atomic mass is 9.80. The Labute approximate surface area is 126 Å². The molecule has 1 aliphatic rings. The molecule has 21 heavy (non-hydrogen) atoms. The largest absolute Gasteiger partial charge is 0.395 e. The number of nitrogen functional groups attached to an aromatic ring is 1. The Bertz CT molecular complexity index is 514. The third-order valence-electron chi connectivity index (χ3n) is 4.58. The van der Waals surface area contributed by atoms with Crippen molar-refractivity contribution in [2.24, 2.45) is 12.5 Å². The fourth-order valence-corrected chi connectivity index (χ4v) is 2.84. The number of aryl methyl sites for hydroxylation is 2. The van der Waals surface area contributed by atoms with E-state index in [1.165, 1.54) is 0 Å². The number of carbonyl (C=O) groups excluding carboxylic acids is 1. The molecule has 6 nitrogen and oxygen atoms in total. The van der Waals surface area contributed by atoms with Crippen LogP contribution in [-0.4, -0.2) is 47.3 Å². The number of nitrogens with two attached hydrogens (primary N) is 1. The van der Waals surface area contributed by atoms with Gasteiger partial charge in [0.05, 0.1) is 11.4 Å². The second kappa shape index (κ2) is 6.05. The van der Waals surface area contributed by atoms with Crippen LogP contribution in [0.5, 0.6) is 0 Å². The van der Waals surface area contributed by atoms with Crippen LogP contribution in [0.25, 0.3) is 0 Å². The van der Waals surface area contributed by atoms with Gasteiger partial charge in [-0.3, -0.25) is 9.48 Å². The summed E-state index contributed by atoms with van der Waals surface area (Å²) in [6.45, 7) is 7.08. The molecule has 1 amide bonds. The molecule has 0 radical (unpaired) electrons. The number of piperidine rings is 1. The van der Waals surface area contributed by atoms with Gasteiger partial charge in [-0.05, 0) is 44.8 Å². The molecule has 1 aliphatic heterocycles. The average molecular weight is 293 g/mol. The number of likely N-dealkylation sites (tertiary alicyclic amines) is 1. The number of nitrogens with one attached hydrogen (secondary N) is 1. The van der Waals surface area contributed by atoms with Crippen LogP contribution >= 0.6 is 0 Å². The summed E-state index contributed by atoms with van der Waals surface area (Å²) in [5.74, 6) is -0.123.